The van der Waals surface area contributed by atoms with Crippen LogP contribution in [0.25, 0.3) is 33.4 Å². The quantitative estimate of drug-likeness (QED) is 0.00564. The Morgan fingerprint density at radius 2 is 0.886 bits per heavy atom. The number of rotatable bonds is 28. The van der Waals surface area contributed by atoms with Gasteiger partial charge < -0.3 is 68.5 Å². The summed E-state index contributed by atoms with van der Waals surface area (Å²) in [5.41, 5.74) is 15.5. The maximum atomic E-state index is 15.3. The third-order valence-corrected chi connectivity index (χ3v) is 21.1. The van der Waals surface area contributed by atoms with Crippen molar-refractivity contribution < 1.29 is 111 Å². The van der Waals surface area contributed by atoms with Gasteiger partial charge in [0.15, 0.2) is 24.6 Å². The first-order valence-corrected chi connectivity index (χ1v) is 51.5. The molecule has 30 heteroatoms. The molecule has 132 heavy (non-hydrogen) atoms. The third kappa shape index (κ3) is 33.6. The molecular formula is C102H114Br3F3N6O17Zn. The van der Waals surface area contributed by atoms with Crippen LogP contribution in [-0.2, 0) is 89.7 Å². The SMILES string of the molecule is CCC(=O)c1c[nH]c(C(=O)O)c1.CCCc1c[nH]c(C=O)c1.CCCc1cc(C(=O)OC)[nH]c1Br.CCCc1cc(C(=O)OC)[nH]c1Cc1ccc(-c2ccccc2C(=O)O)cc1F.CCCc1cc(C2OCCO2)[nH]c1Cc1ccc(-c2ccccc2C(=O)OC(C)(C)C)cc1F.CCCc1cc(C=O)[nH]c1Br.[CH2-]c1ccc(-c2ccccc2C(=O)OC(C)(C)C)cc1F.[Zn+][Br]. The Bertz CT molecular complexity index is 5830. The van der Waals surface area contributed by atoms with E-state index in [4.69, 9.17) is 28.8 Å². The van der Waals surface area contributed by atoms with Gasteiger partial charge in [0.2, 0.25) is 0 Å². The van der Waals surface area contributed by atoms with Gasteiger partial charge in [0.1, 0.15) is 39.9 Å². The summed E-state index contributed by atoms with van der Waals surface area (Å²) in [5.74, 6) is -4.95. The van der Waals surface area contributed by atoms with Crippen LogP contribution < -0.4 is 0 Å². The second-order valence-electron chi connectivity index (χ2n) is 32.1. The number of ether oxygens (including phenoxy) is 6. The number of aryl methyl sites for hydroxylation is 5. The molecule has 0 aliphatic carbocycles. The standard InChI is InChI=1S/C28H32FNO4.C23H22FNO4.C18H18FO2.C9H12BrNO2.C8H10BrNO.C8H9NO3.C8H11NO.BrH.Zn/c1-5-8-20-17-25(27-32-13-14-33-27)30-24(20)16-19-12-11-18(15-23(19)29)21-9-6-7-10-22(21)26(31)34-28(2,3)4;1-3-6-16-13-21(23(28)29-2)25-20(16)12-15-10-9-14(11-19(15)24)17-7-4-5-8-18(17)22(26)27;1-12-9-10-13(11-16(12)19)14-7-5-6-8-15(14)17(20)21-18(2,3)4;1-3-4-6-5-7(9(12)13-2)11-8(6)10;1-2-3-6-4-7(5-11)10-8(6)9;1-2-7(10)5-3-6(8(11)12)9-4-5;1-2-3-7-4-8(6-10)9-5-7;;/h6-7,9-12,15,17,27,30H,5,8,13-14,16H2,1-4H3;4-5,7-11,13,25H,3,6,12H2,1-2H3,(H,26,27);5-11H,1H2,2-4H3;5,11H,3-4H2,1-2H3;4-5,10H,2-3H2,1H3;3-4,9H,2H2,1H3,(H,11,12);4-6,9H,2-3H2,1H3;1H;/q;;-1;;;;;;+2/p-1. The van der Waals surface area contributed by atoms with E-state index in [2.05, 4.69) is 121 Å². The number of benzene rings is 6. The molecule has 1 aliphatic rings. The van der Waals surface area contributed by atoms with E-state index < -0.39 is 52.7 Å². The number of hydrogen-bond acceptors (Lipinski definition) is 15. The van der Waals surface area contributed by atoms with Crippen molar-refractivity contribution in [1.82, 2.24) is 29.9 Å². The van der Waals surface area contributed by atoms with Crippen molar-refractivity contribution in [1.29, 1.82) is 0 Å². The first-order valence-electron chi connectivity index (χ1n) is 43.0. The van der Waals surface area contributed by atoms with Crippen LogP contribution in [0.2, 0.25) is 0 Å². The van der Waals surface area contributed by atoms with E-state index in [0.29, 0.717) is 122 Å². The first kappa shape index (κ1) is 109. The fraction of sp³-hybridized carbons (Fsp3) is 0.314. The van der Waals surface area contributed by atoms with Gasteiger partial charge in [0.05, 0.1) is 70.4 Å². The van der Waals surface area contributed by atoms with E-state index in [1.165, 1.54) is 78.2 Å². The van der Waals surface area contributed by atoms with Crippen LogP contribution >= 0.6 is 45.5 Å². The van der Waals surface area contributed by atoms with E-state index in [0.717, 1.165) is 120 Å². The number of H-pyrrole nitrogens is 6. The van der Waals surface area contributed by atoms with Crippen molar-refractivity contribution in [2.75, 3.05) is 27.4 Å². The molecule has 0 unspecified atom stereocenters. The summed E-state index contributed by atoms with van der Waals surface area (Å²) in [6.07, 6.45) is 15.5. The molecule has 0 bridgehead atoms. The molecular weight excluding hydrogens is 1940 g/mol. The molecule has 0 amide bonds. The first-order chi connectivity index (χ1) is 62.9. The summed E-state index contributed by atoms with van der Waals surface area (Å²) in [6, 6.07) is 46.0. The summed E-state index contributed by atoms with van der Waals surface area (Å²) in [4.78, 5) is 119. The van der Waals surface area contributed by atoms with Crippen LogP contribution in [0.5, 0.6) is 0 Å². The summed E-state index contributed by atoms with van der Waals surface area (Å²) in [5, 5.41) is 17.9. The Morgan fingerprint density at radius 3 is 1.31 bits per heavy atom. The van der Waals surface area contributed by atoms with Crippen LogP contribution in [0.1, 0.15) is 283 Å². The van der Waals surface area contributed by atoms with Crippen molar-refractivity contribution in [3.05, 3.63) is 322 Å². The van der Waals surface area contributed by atoms with Gasteiger partial charge >= 0.3 is 65.8 Å². The van der Waals surface area contributed by atoms with E-state index in [1.807, 2.05) is 91.1 Å². The van der Waals surface area contributed by atoms with Gasteiger partial charge in [0, 0.05) is 54.4 Å². The minimum absolute atomic E-state index is 0.0480. The molecule has 0 saturated carbocycles. The summed E-state index contributed by atoms with van der Waals surface area (Å²) < 4.78 is 77.1. The fourth-order valence-electron chi connectivity index (χ4n) is 13.5. The van der Waals surface area contributed by atoms with Crippen LogP contribution in [0.3, 0.4) is 0 Å². The van der Waals surface area contributed by atoms with E-state index in [9.17, 15) is 57.0 Å². The number of aromatic nitrogens is 6. The van der Waals surface area contributed by atoms with Gasteiger partial charge in [-0.05, 0) is 245 Å². The average Bonchev–Trinajstić information content (AvgIpc) is 1.12. The Kier molecular flexibility index (Phi) is 45.1. The van der Waals surface area contributed by atoms with Gasteiger partial charge in [-0.2, -0.15) is 18.6 Å². The van der Waals surface area contributed by atoms with Crippen molar-refractivity contribution in [2.45, 2.75) is 184 Å². The van der Waals surface area contributed by atoms with E-state index in [1.54, 1.807) is 97.9 Å². The van der Waals surface area contributed by atoms with Crippen LogP contribution in [-0.4, -0.2) is 133 Å². The van der Waals surface area contributed by atoms with Crippen molar-refractivity contribution in [2.24, 2.45) is 0 Å². The monoisotopic (exact) mass is 2050 g/mol. The normalized spacial score (nSPS) is 11.4. The molecule has 1 aliphatic heterocycles. The topological polar surface area (TPSA) is 344 Å². The zero-order valence-electron chi connectivity index (χ0n) is 76.8. The number of aldehydes is 2. The summed E-state index contributed by atoms with van der Waals surface area (Å²) in [7, 11) is 2.69. The van der Waals surface area contributed by atoms with Gasteiger partial charge in [-0.1, -0.05) is 159 Å². The number of nitrogens with one attached hydrogen (secondary N) is 6. The summed E-state index contributed by atoms with van der Waals surface area (Å²) >= 11 is 10.9. The predicted molar refractivity (Wildman–Crippen MR) is 512 cm³/mol. The number of carbonyl (C=O) groups is 9. The molecule has 23 nitrogen and oxygen atoms in total. The number of carbonyl (C=O) groups excluding carboxylic acids is 7. The number of esters is 4. The van der Waals surface area contributed by atoms with Crippen LogP contribution in [0.4, 0.5) is 13.2 Å². The molecule has 13 rings (SSSR count). The Morgan fingerprint density at radius 1 is 0.462 bits per heavy atom. The zero-order chi connectivity index (χ0) is 97.5. The van der Waals surface area contributed by atoms with Gasteiger partial charge in [-0.3, -0.25) is 18.8 Å². The number of aromatic amines is 6. The molecule has 1 fully saturated rings. The Balaban J connectivity index is 0.000000248. The zero-order valence-corrected chi connectivity index (χ0v) is 84.5. The third-order valence-electron chi connectivity index (χ3n) is 19.7. The molecule has 6 aromatic carbocycles. The molecule has 7 heterocycles. The number of ketones is 1. The number of halogens is 6. The van der Waals surface area contributed by atoms with Crippen LogP contribution in [0, 0.1) is 24.4 Å². The summed E-state index contributed by atoms with van der Waals surface area (Å²) in [6.45, 7) is 27.9. The number of carboxylic acid groups (broad SMARTS) is 2. The molecule has 8 N–H and O–H groups in total. The number of carboxylic acids is 2. The van der Waals surface area contributed by atoms with E-state index in [-0.39, 0.29) is 35.1 Å². The van der Waals surface area contributed by atoms with Crippen molar-refractivity contribution in [3.8, 4) is 33.4 Å². The van der Waals surface area contributed by atoms with Crippen molar-refractivity contribution >= 4 is 99.7 Å². The molecule has 0 atom stereocenters. The number of hydrogen-bond donors (Lipinski definition) is 8. The van der Waals surface area contributed by atoms with Gasteiger partial charge in [-0.15, -0.1) is 6.07 Å². The number of aromatic carboxylic acids is 2. The van der Waals surface area contributed by atoms with E-state index >= 15 is 4.39 Å². The molecule has 0 spiro atoms. The molecule has 6 aromatic heterocycles. The van der Waals surface area contributed by atoms with Gasteiger partial charge in [-0.25, -0.2) is 37.5 Å². The second kappa shape index (κ2) is 54.5. The Hall–Kier alpha value is -11.5. The maximum absolute atomic E-state index is 15.3. The molecule has 0 radical (unpaired) electrons. The Labute approximate surface area is 802 Å². The second-order valence-corrected chi connectivity index (χ2v) is 33.7. The molecule has 12 aromatic rings. The van der Waals surface area contributed by atoms with Crippen molar-refractivity contribution in [3.63, 3.8) is 0 Å². The average molecular weight is 2060 g/mol. The predicted octanol–water partition coefficient (Wildman–Crippen LogP) is 24.8. The molecule has 698 valence electrons. The number of methoxy groups -OCH3 is 2. The minimum atomic E-state index is -1.06. The molecule has 1 saturated heterocycles. The van der Waals surface area contributed by atoms with Gasteiger partial charge in [0.25, 0.3) is 0 Å². The number of Topliss-reactive ketones (excluding diaryl/α,β-unsaturated/α-hetero) is 1. The van der Waals surface area contributed by atoms with Crippen LogP contribution in [0.15, 0.2) is 185 Å². The fourth-order valence-corrected chi connectivity index (χ4v) is 14.6.